The minimum Gasteiger partial charge on any atom is -0.359 e. The van der Waals surface area contributed by atoms with Crippen LogP contribution in [-0.2, 0) is 6.42 Å². The second-order valence-electron chi connectivity index (χ2n) is 3.93. The molecule has 3 nitrogen and oxygen atoms in total. The van der Waals surface area contributed by atoms with Crippen molar-refractivity contribution in [3.05, 3.63) is 11.3 Å². The Morgan fingerprint density at radius 3 is 2.92 bits per heavy atom. The Labute approximate surface area is 78.7 Å². The fourth-order valence-corrected chi connectivity index (χ4v) is 1.93. The van der Waals surface area contributed by atoms with Gasteiger partial charge in [0, 0.05) is 18.2 Å². The van der Waals surface area contributed by atoms with Crippen molar-refractivity contribution in [3.63, 3.8) is 0 Å². The third kappa shape index (κ3) is 1.32. The zero-order valence-electron chi connectivity index (χ0n) is 8.50. The molecule has 0 N–H and O–H groups in total. The van der Waals surface area contributed by atoms with E-state index < -0.39 is 0 Å². The molecule has 0 saturated carbocycles. The average Bonchev–Trinajstić information content (AvgIpc) is 2.48. The van der Waals surface area contributed by atoms with Gasteiger partial charge >= 0.3 is 0 Å². The Hall–Kier alpha value is -0.990. The molecule has 0 spiro atoms. The van der Waals surface area contributed by atoms with Crippen LogP contribution in [0.2, 0.25) is 0 Å². The lowest BCUT2D eigenvalue weighted by Crippen LogP contribution is -2.35. The number of aryl methyl sites for hydroxylation is 1. The summed E-state index contributed by atoms with van der Waals surface area (Å²) in [7, 11) is 0. The van der Waals surface area contributed by atoms with E-state index in [1.54, 1.807) is 0 Å². The smallest absolute Gasteiger partial charge is 0.175 e. The lowest BCUT2D eigenvalue weighted by molar-refractivity contribution is 0.396. The van der Waals surface area contributed by atoms with Crippen molar-refractivity contribution in [2.24, 2.45) is 0 Å². The molecule has 13 heavy (non-hydrogen) atoms. The summed E-state index contributed by atoms with van der Waals surface area (Å²) in [5, 5.41) is 4.11. The van der Waals surface area contributed by atoms with Crippen LogP contribution in [0.1, 0.15) is 31.6 Å². The van der Waals surface area contributed by atoms with Crippen molar-refractivity contribution in [2.45, 2.75) is 39.7 Å². The van der Waals surface area contributed by atoms with Gasteiger partial charge in [-0.05, 0) is 33.6 Å². The molecule has 0 saturated heterocycles. The second kappa shape index (κ2) is 3.05. The molecule has 0 aliphatic carbocycles. The molecule has 0 amide bonds. The highest BCUT2D eigenvalue weighted by molar-refractivity contribution is 5.50. The van der Waals surface area contributed by atoms with E-state index in [9.17, 15) is 0 Å². The molecular weight excluding hydrogens is 164 g/mol. The van der Waals surface area contributed by atoms with Gasteiger partial charge in [-0.3, -0.25) is 0 Å². The van der Waals surface area contributed by atoms with Crippen LogP contribution < -0.4 is 4.90 Å². The van der Waals surface area contributed by atoms with Gasteiger partial charge in [0.25, 0.3) is 0 Å². The van der Waals surface area contributed by atoms with E-state index in [1.165, 1.54) is 12.0 Å². The molecule has 2 heterocycles. The Bertz CT molecular complexity index is 304. The van der Waals surface area contributed by atoms with Crippen molar-refractivity contribution in [1.82, 2.24) is 5.16 Å². The van der Waals surface area contributed by atoms with Gasteiger partial charge in [0.1, 0.15) is 5.76 Å². The third-order valence-corrected chi connectivity index (χ3v) is 2.69. The van der Waals surface area contributed by atoms with E-state index >= 15 is 0 Å². The number of fused-ring (bicyclic) bond motifs is 1. The molecule has 72 valence electrons. The van der Waals surface area contributed by atoms with E-state index in [0.29, 0.717) is 6.04 Å². The third-order valence-electron chi connectivity index (χ3n) is 2.69. The summed E-state index contributed by atoms with van der Waals surface area (Å²) in [5.74, 6) is 2.05. The van der Waals surface area contributed by atoms with Crippen molar-refractivity contribution < 1.29 is 4.52 Å². The highest BCUT2D eigenvalue weighted by atomic mass is 16.5. The van der Waals surface area contributed by atoms with Gasteiger partial charge in [0.15, 0.2) is 5.82 Å². The van der Waals surface area contributed by atoms with Gasteiger partial charge in [-0.25, -0.2) is 0 Å². The fraction of sp³-hybridized carbons (Fsp3) is 0.700. The summed E-state index contributed by atoms with van der Waals surface area (Å²) in [4.78, 5) is 2.31. The predicted octanol–water partition coefficient (Wildman–Crippen LogP) is 2.14. The van der Waals surface area contributed by atoms with Crippen LogP contribution in [0.25, 0.3) is 0 Å². The predicted molar refractivity (Wildman–Crippen MR) is 52.0 cm³/mol. The first kappa shape index (κ1) is 8.60. The zero-order valence-corrected chi connectivity index (χ0v) is 8.50. The summed E-state index contributed by atoms with van der Waals surface area (Å²) in [6.45, 7) is 7.49. The van der Waals surface area contributed by atoms with Gasteiger partial charge in [-0.2, -0.15) is 0 Å². The number of nitrogens with zero attached hydrogens (tertiary/aromatic N) is 2. The van der Waals surface area contributed by atoms with Crippen molar-refractivity contribution in [3.8, 4) is 0 Å². The first-order valence-corrected chi connectivity index (χ1v) is 4.92. The molecule has 0 unspecified atom stereocenters. The van der Waals surface area contributed by atoms with Crippen molar-refractivity contribution >= 4 is 5.82 Å². The minimum atomic E-state index is 0.517. The Morgan fingerprint density at radius 1 is 1.46 bits per heavy atom. The first-order valence-electron chi connectivity index (χ1n) is 4.92. The second-order valence-corrected chi connectivity index (χ2v) is 3.93. The highest BCUT2D eigenvalue weighted by Crippen LogP contribution is 2.29. The topological polar surface area (TPSA) is 29.3 Å². The van der Waals surface area contributed by atoms with Gasteiger partial charge in [-0.15, -0.1) is 0 Å². The Morgan fingerprint density at radius 2 is 2.23 bits per heavy atom. The summed E-state index contributed by atoms with van der Waals surface area (Å²) < 4.78 is 5.21. The summed E-state index contributed by atoms with van der Waals surface area (Å²) in [6, 6.07) is 0.517. The molecule has 0 atom stereocenters. The normalized spacial score (nSPS) is 16.5. The van der Waals surface area contributed by atoms with Crippen LogP contribution in [0, 0.1) is 6.92 Å². The molecule has 0 bridgehead atoms. The largest absolute Gasteiger partial charge is 0.359 e. The minimum absolute atomic E-state index is 0.517. The van der Waals surface area contributed by atoms with E-state index in [0.717, 1.165) is 24.5 Å². The molecule has 0 radical (unpaired) electrons. The van der Waals surface area contributed by atoms with Crippen LogP contribution in [0.5, 0.6) is 0 Å². The highest BCUT2D eigenvalue weighted by Gasteiger charge is 2.24. The van der Waals surface area contributed by atoms with Crippen LogP contribution >= 0.6 is 0 Å². The Kier molecular flexibility index (Phi) is 2.02. The average molecular weight is 180 g/mol. The number of anilines is 1. The quantitative estimate of drug-likeness (QED) is 0.663. The summed E-state index contributed by atoms with van der Waals surface area (Å²) in [5.41, 5.74) is 1.31. The fourth-order valence-electron chi connectivity index (χ4n) is 1.93. The molecule has 1 aliphatic rings. The number of hydrogen-bond acceptors (Lipinski definition) is 3. The first-order chi connectivity index (χ1) is 6.20. The summed E-state index contributed by atoms with van der Waals surface area (Å²) in [6.07, 6.45) is 2.33. The van der Waals surface area contributed by atoms with Gasteiger partial charge in [0.2, 0.25) is 0 Å². The van der Waals surface area contributed by atoms with Gasteiger partial charge in [-0.1, -0.05) is 5.16 Å². The van der Waals surface area contributed by atoms with E-state index in [1.807, 2.05) is 6.92 Å². The van der Waals surface area contributed by atoms with E-state index in [2.05, 4.69) is 23.9 Å². The molecule has 1 aromatic heterocycles. The van der Waals surface area contributed by atoms with Crippen LogP contribution in [0.15, 0.2) is 4.52 Å². The molecule has 0 aromatic carbocycles. The molecule has 3 heteroatoms. The van der Waals surface area contributed by atoms with E-state index in [4.69, 9.17) is 4.52 Å². The standard InChI is InChI=1S/C10H16N2O/c1-7(2)12-6-4-5-9-8(3)13-11-10(9)12/h7H,4-6H2,1-3H3. The van der Waals surface area contributed by atoms with Crippen LogP contribution in [0.3, 0.4) is 0 Å². The maximum absolute atomic E-state index is 5.21. The van der Waals surface area contributed by atoms with Crippen LogP contribution in [-0.4, -0.2) is 17.7 Å². The maximum Gasteiger partial charge on any atom is 0.175 e. The SMILES string of the molecule is Cc1onc2c1CCCN2C(C)C. The molecule has 0 fully saturated rings. The molecule has 2 rings (SSSR count). The lowest BCUT2D eigenvalue weighted by atomic mass is 10.0. The maximum atomic E-state index is 5.21. The van der Waals surface area contributed by atoms with E-state index in [-0.39, 0.29) is 0 Å². The van der Waals surface area contributed by atoms with Crippen molar-refractivity contribution in [1.29, 1.82) is 0 Å². The monoisotopic (exact) mass is 180 g/mol. The van der Waals surface area contributed by atoms with Crippen molar-refractivity contribution in [2.75, 3.05) is 11.4 Å². The molecule has 1 aromatic rings. The zero-order chi connectivity index (χ0) is 9.42. The summed E-state index contributed by atoms with van der Waals surface area (Å²) >= 11 is 0. The Balaban J connectivity index is 2.38. The number of rotatable bonds is 1. The van der Waals surface area contributed by atoms with Gasteiger partial charge in [0.05, 0.1) is 0 Å². The molecule has 1 aliphatic heterocycles. The number of hydrogen-bond donors (Lipinski definition) is 0. The molecular formula is C10H16N2O. The van der Waals surface area contributed by atoms with Crippen LogP contribution in [0.4, 0.5) is 5.82 Å². The van der Waals surface area contributed by atoms with Gasteiger partial charge < -0.3 is 9.42 Å². The lowest BCUT2D eigenvalue weighted by Gasteiger charge is -2.30. The number of aromatic nitrogens is 1.